The van der Waals surface area contributed by atoms with Crippen molar-refractivity contribution in [2.24, 2.45) is 0 Å². The topological polar surface area (TPSA) is 96.6 Å². The van der Waals surface area contributed by atoms with Crippen molar-refractivity contribution >= 4 is 56.5 Å². The molecule has 0 N–H and O–H groups in total. The fourth-order valence-corrected chi connectivity index (χ4v) is 6.40. The van der Waals surface area contributed by atoms with Gasteiger partial charge < -0.3 is 9.32 Å². The molecule has 11 heteroatoms. The summed E-state index contributed by atoms with van der Waals surface area (Å²) in [4.78, 5) is 45.6. The number of anilines is 2. The lowest BCUT2D eigenvalue weighted by Gasteiger charge is -2.32. The molecule has 0 bridgehead atoms. The van der Waals surface area contributed by atoms with Crippen LogP contribution >= 0.6 is 22.9 Å². The van der Waals surface area contributed by atoms with Crippen molar-refractivity contribution < 1.29 is 18.4 Å². The second-order valence-electron chi connectivity index (χ2n) is 9.23. The minimum Gasteiger partial charge on any atom is -0.450 e. The highest BCUT2D eigenvalue weighted by Crippen LogP contribution is 2.54. The average molecular weight is 559 g/mol. The quantitative estimate of drug-likeness (QED) is 0.302. The van der Waals surface area contributed by atoms with E-state index in [1.165, 1.54) is 15.9 Å². The van der Waals surface area contributed by atoms with Gasteiger partial charge in [-0.2, -0.15) is 0 Å². The predicted octanol–water partition coefficient (Wildman–Crippen LogP) is 5.20. The van der Waals surface area contributed by atoms with Gasteiger partial charge in [0.05, 0.1) is 23.2 Å². The van der Waals surface area contributed by atoms with Gasteiger partial charge in [0.25, 0.3) is 11.8 Å². The summed E-state index contributed by atoms with van der Waals surface area (Å²) in [6, 6.07) is 17.5. The third-order valence-electron chi connectivity index (χ3n) is 7.08. The highest BCUT2D eigenvalue weighted by atomic mass is 35.5. The number of nitrogens with zero attached hydrogens (tertiary/aromatic N) is 4. The highest BCUT2D eigenvalue weighted by molar-refractivity contribution is 7.15. The maximum absolute atomic E-state index is 14.7. The molecule has 39 heavy (non-hydrogen) atoms. The molecule has 1 atom stereocenters. The molecule has 0 aliphatic carbocycles. The van der Waals surface area contributed by atoms with E-state index >= 15 is 0 Å². The summed E-state index contributed by atoms with van der Waals surface area (Å²) in [5, 5.41) is 9.30. The lowest BCUT2D eigenvalue weighted by Crippen LogP contribution is -2.53. The Morgan fingerprint density at radius 3 is 2.56 bits per heavy atom. The van der Waals surface area contributed by atoms with Gasteiger partial charge in [0, 0.05) is 10.6 Å². The van der Waals surface area contributed by atoms with Gasteiger partial charge in [-0.25, -0.2) is 4.39 Å². The second-order valence-corrected chi connectivity index (χ2v) is 10.8. The van der Waals surface area contributed by atoms with Crippen molar-refractivity contribution in [3.8, 4) is 0 Å². The van der Waals surface area contributed by atoms with Crippen LogP contribution in [0.5, 0.6) is 0 Å². The maximum atomic E-state index is 14.7. The summed E-state index contributed by atoms with van der Waals surface area (Å²) in [6.45, 7) is 1.80. The number of aryl methyl sites for hydroxylation is 1. The molecule has 0 saturated heterocycles. The Hall–Kier alpha value is -4.41. The van der Waals surface area contributed by atoms with Crippen molar-refractivity contribution in [2.75, 3.05) is 9.80 Å². The normalized spacial score (nSPS) is 17.9. The van der Waals surface area contributed by atoms with Gasteiger partial charge in [-0.15, -0.1) is 10.2 Å². The number of carbonyl (C=O) groups is 2. The van der Waals surface area contributed by atoms with Crippen LogP contribution in [0.3, 0.4) is 0 Å². The molecular weight excluding hydrogens is 543 g/mol. The van der Waals surface area contributed by atoms with Crippen LogP contribution < -0.4 is 15.2 Å². The smallest absolute Gasteiger partial charge is 0.297 e. The zero-order chi connectivity index (χ0) is 27.1. The van der Waals surface area contributed by atoms with Gasteiger partial charge in [-0.05, 0) is 42.8 Å². The number of halogens is 2. The van der Waals surface area contributed by atoms with Gasteiger partial charge in [0.2, 0.25) is 10.9 Å². The summed E-state index contributed by atoms with van der Waals surface area (Å²) in [7, 11) is 0. The summed E-state index contributed by atoms with van der Waals surface area (Å²) in [6.07, 6.45) is 0. The Balaban J connectivity index is 1.57. The molecule has 0 fully saturated rings. The Bertz CT molecular complexity index is 1940. The van der Waals surface area contributed by atoms with E-state index in [2.05, 4.69) is 10.2 Å². The number of carbonyl (C=O) groups excluding carboxylic acids is 2. The number of amides is 2. The minimum atomic E-state index is -1.95. The first kappa shape index (κ1) is 23.7. The van der Waals surface area contributed by atoms with E-state index in [9.17, 15) is 18.8 Å². The van der Waals surface area contributed by atoms with Gasteiger partial charge >= 0.3 is 0 Å². The number of rotatable bonds is 3. The van der Waals surface area contributed by atoms with E-state index in [0.29, 0.717) is 26.8 Å². The third kappa shape index (κ3) is 3.12. The summed E-state index contributed by atoms with van der Waals surface area (Å²) < 4.78 is 20.2. The molecule has 2 aliphatic heterocycles. The first-order valence-electron chi connectivity index (χ1n) is 11.9. The van der Waals surface area contributed by atoms with Crippen LogP contribution in [0.15, 0.2) is 75.9 Å². The Kier molecular flexibility index (Phi) is 5.04. The van der Waals surface area contributed by atoms with Crippen molar-refractivity contribution in [3.05, 3.63) is 115 Å². The molecule has 1 unspecified atom stereocenters. The minimum absolute atomic E-state index is 0.0330. The molecule has 5 aromatic rings. The van der Waals surface area contributed by atoms with E-state index in [1.807, 2.05) is 6.07 Å². The molecule has 7 rings (SSSR count). The molecule has 2 aromatic heterocycles. The van der Waals surface area contributed by atoms with Crippen LogP contribution in [0.25, 0.3) is 11.0 Å². The van der Waals surface area contributed by atoms with Crippen LogP contribution in [0.1, 0.15) is 32.3 Å². The van der Waals surface area contributed by atoms with Gasteiger partial charge in [0.1, 0.15) is 16.4 Å². The van der Waals surface area contributed by atoms with Crippen LogP contribution in [0.2, 0.25) is 5.02 Å². The Labute approximate surface area is 228 Å². The fraction of sp³-hybridized carbons (Fsp3) is 0.107. The van der Waals surface area contributed by atoms with Crippen LogP contribution in [0.4, 0.5) is 15.2 Å². The SMILES string of the molecule is Cc1nnc(N2C(=O)c3oc4ccc(F)cc4c(=O)c3C23C(=O)N(Cc2ccccc2Cl)c2ccccc23)s1. The number of hydrogen-bond donors (Lipinski definition) is 0. The first-order chi connectivity index (χ1) is 18.8. The van der Waals surface area contributed by atoms with Crippen molar-refractivity contribution in [2.45, 2.75) is 19.0 Å². The summed E-state index contributed by atoms with van der Waals surface area (Å²) in [5.74, 6) is -2.23. The summed E-state index contributed by atoms with van der Waals surface area (Å²) >= 11 is 7.55. The molecule has 4 heterocycles. The Morgan fingerprint density at radius 1 is 1.03 bits per heavy atom. The van der Waals surface area contributed by atoms with E-state index < -0.39 is 28.6 Å². The standard InChI is InChI=1S/C28H16ClFN4O4S/c1-14-31-32-27(39-14)34-25(36)24-22(23(35)17-12-16(30)10-11-21(17)38-24)28(34)18-7-3-5-9-20(18)33(26(28)37)13-15-6-2-4-8-19(15)29/h2-12H,13H2,1H3. The molecule has 2 aliphatic rings. The number of hydrogen-bond acceptors (Lipinski definition) is 7. The number of fused-ring (bicyclic) bond motifs is 5. The molecule has 0 saturated carbocycles. The van der Waals surface area contributed by atoms with Crippen molar-refractivity contribution in [1.82, 2.24) is 10.2 Å². The lowest BCUT2D eigenvalue weighted by atomic mass is 9.84. The number of benzene rings is 3. The molecule has 2 amide bonds. The lowest BCUT2D eigenvalue weighted by molar-refractivity contribution is -0.121. The van der Waals surface area contributed by atoms with E-state index in [0.717, 1.165) is 23.5 Å². The van der Waals surface area contributed by atoms with E-state index in [1.54, 1.807) is 49.4 Å². The highest BCUT2D eigenvalue weighted by Gasteiger charge is 2.66. The first-order valence-corrected chi connectivity index (χ1v) is 13.1. The fourth-order valence-electron chi connectivity index (χ4n) is 5.47. The molecule has 3 aromatic carbocycles. The molecule has 0 radical (unpaired) electrons. The van der Waals surface area contributed by atoms with Gasteiger partial charge in [0.15, 0.2) is 11.0 Å². The number of para-hydroxylation sites is 1. The van der Waals surface area contributed by atoms with Crippen LogP contribution in [-0.4, -0.2) is 22.0 Å². The molecule has 1 spiro atoms. The van der Waals surface area contributed by atoms with Gasteiger partial charge in [-0.1, -0.05) is 59.3 Å². The zero-order valence-electron chi connectivity index (χ0n) is 20.1. The van der Waals surface area contributed by atoms with E-state index in [4.69, 9.17) is 16.0 Å². The maximum Gasteiger partial charge on any atom is 0.297 e. The summed E-state index contributed by atoms with van der Waals surface area (Å²) in [5.41, 5.74) is -1.21. The van der Waals surface area contributed by atoms with Crippen LogP contribution in [-0.2, 0) is 16.9 Å². The second kappa shape index (κ2) is 8.29. The van der Waals surface area contributed by atoms with Crippen LogP contribution in [0, 0.1) is 12.7 Å². The average Bonchev–Trinajstić information content (AvgIpc) is 3.54. The molecule has 192 valence electrons. The van der Waals surface area contributed by atoms with Gasteiger partial charge in [-0.3, -0.25) is 19.3 Å². The number of aromatic nitrogens is 2. The molecule has 8 nitrogen and oxygen atoms in total. The third-order valence-corrected chi connectivity index (χ3v) is 8.27. The van der Waals surface area contributed by atoms with Crippen molar-refractivity contribution in [3.63, 3.8) is 0 Å². The van der Waals surface area contributed by atoms with E-state index in [-0.39, 0.29) is 34.0 Å². The monoisotopic (exact) mass is 558 g/mol. The Morgan fingerprint density at radius 2 is 1.79 bits per heavy atom. The molecular formula is C28H16ClFN4O4S. The largest absolute Gasteiger partial charge is 0.450 e. The zero-order valence-corrected chi connectivity index (χ0v) is 21.7. The predicted molar refractivity (Wildman–Crippen MR) is 144 cm³/mol. The van der Waals surface area contributed by atoms with Crippen molar-refractivity contribution in [1.29, 1.82) is 0 Å².